The van der Waals surface area contributed by atoms with Crippen molar-refractivity contribution in [3.8, 4) is 11.5 Å². The topological polar surface area (TPSA) is 57.0 Å². The Morgan fingerprint density at radius 3 is 2.70 bits per heavy atom. The number of nitrogens with zero attached hydrogens (tertiary/aromatic N) is 1. The van der Waals surface area contributed by atoms with E-state index in [0.29, 0.717) is 6.61 Å². The maximum atomic E-state index is 5.87. The fourth-order valence-electron chi connectivity index (χ4n) is 2.20. The van der Waals surface area contributed by atoms with E-state index in [-0.39, 0.29) is 6.04 Å². The van der Waals surface area contributed by atoms with Crippen molar-refractivity contribution in [2.75, 3.05) is 46.6 Å². The van der Waals surface area contributed by atoms with Crippen molar-refractivity contribution in [1.82, 2.24) is 4.90 Å². The fourth-order valence-corrected chi connectivity index (χ4v) is 2.20. The minimum Gasteiger partial charge on any atom is -0.493 e. The number of methoxy groups -OCH3 is 1. The monoisotopic (exact) mass is 280 g/mol. The molecule has 1 aliphatic rings. The number of hydrogen-bond acceptors (Lipinski definition) is 5. The third kappa shape index (κ3) is 4.10. The van der Waals surface area contributed by atoms with Crippen LogP contribution in [0.25, 0.3) is 0 Å². The van der Waals surface area contributed by atoms with E-state index >= 15 is 0 Å². The lowest BCUT2D eigenvalue weighted by molar-refractivity contribution is 0.0321. The lowest BCUT2D eigenvalue weighted by Gasteiger charge is -2.26. The van der Waals surface area contributed by atoms with Crippen LogP contribution in [0, 0.1) is 0 Å². The van der Waals surface area contributed by atoms with Gasteiger partial charge in [-0.3, -0.25) is 4.90 Å². The van der Waals surface area contributed by atoms with Gasteiger partial charge in [0.05, 0.1) is 20.3 Å². The van der Waals surface area contributed by atoms with Crippen molar-refractivity contribution >= 4 is 0 Å². The van der Waals surface area contributed by atoms with Gasteiger partial charge in [-0.1, -0.05) is 6.07 Å². The maximum absolute atomic E-state index is 5.87. The zero-order valence-electron chi connectivity index (χ0n) is 12.3. The predicted octanol–water partition coefficient (Wildman–Crippen LogP) is 1.43. The van der Waals surface area contributed by atoms with Crippen LogP contribution in [0.1, 0.15) is 18.5 Å². The molecular formula is C15H24N2O3. The van der Waals surface area contributed by atoms with Gasteiger partial charge in [0.15, 0.2) is 11.5 Å². The highest BCUT2D eigenvalue weighted by Crippen LogP contribution is 2.29. The van der Waals surface area contributed by atoms with Gasteiger partial charge in [0.1, 0.15) is 6.61 Å². The minimum absolute atomic E-state index is 0.00806. The van der Waals surface area contributed by atoms with Crippen molar-refractivity contribution in [2.45, 2.75) is 13.0 Å². The lowest BCUT2D eigenvalue weighted by Crippen LogP contribution is -2.38. The number of ether oxygens (including phenoxy) is 3. The second kappa shape index (κ2) is 7.47. The van der Waals surface area contributed by atoms with E-state index in [2.05, 4.69) is 4.90 Å². The summed E-state index contributed by atoms with van der Waals surface area (Å²) >= 11 is 0. The van der Waals surface area contributed by atoms with Gasteiger partial charge in [-0.25, -0.2) is 0 Å². The first-order valence-corrected chi connectivity index (χ1v) is 7.07. The zero-order chi connectivity index (χ0) is 14.4. The van der Waals surface area contributed by atoms with Crippen LogP contribution in [0.4, 0.5) is 0 Å². The largest absolute Gasteiger partial charge is 0.493 e. The number of nitrogens with two attached hydrogens (primary N) is 1. The molecule has 1 saturated heterocycles. The molecule has 20 heavy (non-hydrogen) atoms. The highest BCUT2D eigenvalue weighted by molar-refractivity contribution is 5.43. The van der Waals surface area contributed by atoms with Crippen LogP contribution in [0.3, 0.4) is 0 Å². The molecule has 0 aliphatic carbocycles. The molecule has 5 nitrogen and oxygen atoms in total. The Kier molecular flexibility index (Phi) is 5.64. The first-order valence-electron chi connectivity index (χ1n) is 7.07. The van der Waals surface area contributed by atoms with Gasteiger partial charge in [0.25, 0.3) is 0 Å². The molecule has 1 aliphatic heterocycles. The van der Waals surface area contributed by atoms with Gasteiger partial charge in [0.2, 0.25) is 0 Å². The molecule has 0 bridgehead atoms. The second-order valence-electron chi connectivity index (χ2n) is 5.00. The minimum atomic E-state index is -0.00806. The highest BCUT2D eigenvalue weighted by atomic mass is 16.5. The summed E-state index contributed by atoms with van der Waals surface area (Å²) < 4.78 is 16.5. The molecule has 0 saturated carbocycles. The molecule has 0 aromatic heterocycles. The van der Waals surface area contributed by atoms with Gasteiger partial charge in [-0.15, -0.1) is 0 Å². The van der Waals surface area contributed by atoms with E-state index in [1.54, 1.807) is 7.11 Å². The Bertz CT molecular complexity index is 418. The first kappa shape index (κ1) is 15.1. The van der Waals surface area contributed by atoms with Crippen molar-refractivity contribution < 1.29 is 14.2 Å². The molecule has 1 unspecified atom stereocenters. The Morgan fingerprint density at radius 2 is 2.05 bits per heavy atom. The Hall–Kier alpha value is -1.30. The van der Waals surface area contributed by atoms with Gasteiger partial charge >= 0.3 is 0 Å². The third-order valence-corrected chi connectivity index (χ3v) is 3.48. The normalized spacial score (nSPS) is 17.8. The van der Waals surface area contributed by atoms with Crippen LogP contribution in [0.5, 0.6) is 11.5 Å². The van der Waals surface area contributed by atoms with E-state index in [4.69, 9.17) is 19.9 Å². The molecule has 112 valence electrons. The van der Waals surface area contributed by atoms with E-state index in [1.807, 2.05) is 25.1 Å². The molecule has 1 atom stereocenters. The highest BCUT2D eigenvalue weighted by Gasteiger charge is 2.11. The molecule has 5 heteroatoms. The van der Waals surface area contributed by atoms with Crippen molar-refractivity contribution in [3.63, 3.8) is 0 Å². The Morgan fingerprint density at radius 1 is 1.30 bits per heavy atom. The van der Waals surface area contributed by atoms with Crippen LogP contribution in [-0.4, -0.2) is 51.5 Å². The third-order valence-electron chi connectivity index (χ3n) is 3.48. The molecule has 0 spiro atoms. The summed E-state index contributed by atoms with van der Waals surface area (Å²) in [5.74, 6) is 1.51. The quantitative estimate of drug-likeness (QED) is 0.854. The second-order valence-corrected chi connectivity index (χ2v) is 5.00. The average molecular weight is 280 g/mol. The van der Waals surface area contributed by atoms with Crippen LogP contribution in [0.15, 0.2) is 18.2 Å². The van der Waals surface area contributed by atoms with Gasteiger partial charge in [0, 0.05) is 25.7 Å². The molecule has 1 aromatic rings. The molecule has 0 radical (unpaired) electrons. The predicted molar refractivity (Wildman–Crippen MR) is 78.4 cm³/mol. The van der Waals surface area contributed by atoms with Crippen molar-refractivity contribution in [1.29, 1.82) is 0 Å². The number of benzene rings is 1. The van der Waals surface area contributed by atoms with E-state index in [1.165, 1.54) is 0 Å². The number of morpholine rings is 1. The first-order chi connectivity index (χ1) is 9.70. The average Bonchev–Trinajstić information content (AvgIpc) is 2.48. The Balaban J connectivity index is 1.88. The smallest absolute Gasteiger partial charge is 0.161 e. The molecule has 1 aromatic carbocycles. The lowest BCUT2D eigenvalue weighted by atomic mass is 10.1. The van der Waals surface area contributed by atoms with Crippen LogP contribution >= 0.6 is 0 Å². The SMILES string of the molecule is COc1cc(C(C)N)ccc1OCCN1CCOCC1. The van der Waals surface area contributed by atoms with Crippen molar-refractivity contribution in [2.24, 2.45) is 5.73 Å². The molecule has 0 amide bonds. The summed E-state index contributed by atoms with van der Waals surface area (Å²) in [7, 11) is 1.65. The summed E-state index contributed by atoms with van der Waals surface area (Å²) in [6.45, 7) is 7.08. The van der Waals surface area contributed by atoms with Crippen molar-refractivity contribution in [3.05, 3.63) is 23.8 Å². The van der Waals surface area contributed by atoms with Crippen LogP contribution in [-0.2, 0) is 4.74 Å². The van der Waals surface area contributed by atoms with Crippen LogP contribution in [0.2, 0.25) is 0 Å². The molecule has 2 N–H and O–H groups in total. The fraction of sp³-hybridized carbons (Fsp3) is 0.600. The summed E-state index contributed by atoms with van der Waals surface area (Å²) in [5.41, 5.74) is 6.91. The van der Waals surface area contributed by atoms with Gasteiger partial charge in [-0.05, 0) is 24.6 Å². The molecule has 1 heterocycles. The number of hydrogen-bond donors (Lipinski definition) is 1. The summed E-state index contributed by atoms with van der Waals surface area (Å²) in [4.78, 5) is 2.34. The maximum Gasteiger partial charge on any atom is 0.161 e. The Labute approximate surface area is 120 Å². The number of rotatable bonds is 6. The zero-order valence-corrected chi connectivity index (χ0v) is 12.3. The summed E-state index contributed by atoms with van der Waals surface area (Å²) in [6, 6.07) is 5.84. The molecule has 2 rings (SSSR count). The standard InChI is InChI=1S/C15H24N2O3/c1-12(16)13-3-4-14(15(11-13)18-2)20-10-7-17-5-8-19-9-6-17/h3-4,11-12H,5-10,16H2,1-2H3. The van der Waals surface area contributed by atoms with E-state index in [0.717, 1.165) is 49.9 Å². The van der Waals surface area contributed by atoms with Gasteiger partial charge in [-0.2, -0.15) is 0 Å². The molecular weight excluding hydrogens is 256 g/mol. The van der Waals surface area contributed by atoms with E-state index in [9.17, 15) is 0 Å². The van der Waals surface area contributed by atoms with E-state index < -0.39 is 0 Å². The molecule has 1 fully saturated rings. The summed E-state index contributed by atoms with van der Waals surface area (Å²) in [5, 5.41) is 0. The van der Waals surface area contributed by atoms with Crippen LogP contribution < -0.4 is 15.2 Å². The summed E-state index contributed by atoms with van der Waals surface area (Å²) in [6.07, 6.45) is 0. The van der Waals surface area contributed by atoms with Gasteiger partial charge < -0.3 is 19.9 Å².